The van der Waals surface area contributed by atoms with E-state index in [0.29, 0.717) is 13.0 Å². The predicted octanol–water partition coefficient (Wildman–Crippen LogP) is 2.12. The smallest absolute Gasteiger partial charge is 0.309 e. The number of hydrogen-bond donors (Lipinski definition) is 1. The van der Waals surface area contributed by atoms with Crippen molar-refractivity contribution in [3.8, 4) is 6.07 Å². The summed E-state index contributed by atoms with van der Waals surface area (Å²) in [5, 5.41) is 18.4. The van der Waals surface area contributed by atoms with Gasteiger partial charge in [0.05, 0.1) is 17.9 Å². The first-order valence-corrected chi connectivity index (χ1v) is 6.59. The summed E-state index contributed by atoms with van der Waals surface area (Å²) in [4.78, 5) is 13.4. The van der Waals surface area contributed by atoms with E-state index < -0.39 is 11.9 Å². The van der Waals surface area contributed by atoms with E-state index >= 15 is 0 Å². The van der Waals surface area contributed by atoms with Crippen molar-refractivity contribution in [2.75, 3.05) is 13.1 Å². The van der Waals surface area contributed by atoms with Gasteiger partial charge in [-0.05, 0) is 24.9 Å². The lowest BCUT2D eigenvalue weighted by molar-refractivity contribution is -0.143. The number of carboxylic acid groups (broad SMARTS) is 1. The third-order valence-corrected chi connectivity index (χ3v) is 3.66. The maximum Gasteiger partial charge on any atom is 0.309 e. The Balaban J connectivity index is 2.06. The highest BCUT2D eigenvalue weighted by Gasteiger charge is 2.32. The molecule has 2 atom stereocenters. The van der Waals surface area contributed by atoms with E-state index in [2.05, 4.69) is 11.0 Å². The molecule has 0 bridgehead atoms. The van der Waals surface area contributed by atoms with Crippen molar-refractivity contribution in [3.63, 3.8) is 0 Å². The van der Waals surface area contributed by atoms with Crippen LogP contribution in [0.1, 0.15) is 18.4 Å². The SMILES string of the molecule is N#CC1CCCN(Cc2ccccc2)CC1C(=O)O. The summed E-state index contributed by atoms with van der Waals surface area (Å²) in [5.74, 6) is -1.79. The maximum absolute atomic E-state index is 11.3. The van der Waals surface area contributed by atoms with Gasteiger partial charge in [0.1, 0.15) is 0 Å². The molecule has 1 saturated heterocycles. The molecule has 1 aromatic rings. The second-order valence-electron chi connectivity index (χ2n) is 5.04. The van der Waals surface area contributed by atoms with Gasteiger partial charge < -0.3 is 5.11 Å². The molecule has 0 aliphatic carbocycles. The van der Waals surface area contributed by atoms with Gasteiger partial charge in [-0.25, -0.2) is 0 Å². The van der Waals surface area contributed by atoms with E-state index in [0.717, 1.165) is 19.5 Å². The van der Waals surface area contributed by atoms with Gasteiger partial charge >= 0.3 is 5.97 Å². The molecule has 1 heterocycles. The lowest BCUT2D eigenvalue weighted by Gasteiger charge is -2.23. The number of aliphatic carboxylic acids is 1. The van der Waals surface area contributed by atoms with Crippen LogP contribution in [0.25, 0.3) is 0 Å². The second kappa shape index (κ2) is 6.35. The number of carbonyl (C=O) groups is 1. The minimum absolute atomic E-state index is 0.363. The summed E-state index contributed by atoms with van der Waals surface area (Å²) in [6, 6.07) is 12.2. The highest BCUT2D eigenvalue weighted by atomic mass is 16.4. The quantitative estimate of drug-likeness (QED) is 0.902. The maximum atomic E-state index is 11.3. The van der Waals surface area contributed by atoms with Crippen LogP contribution in [0.2, 0.25) is 0 Å². The molecule has 0 aromatic heterocycles. The summed E-state index contributed by atoms with van der Waals surface area (Å²) in [7, 11) is 0. The zero-order valence-electron chi connectivity index (χ0n) is 10.8. The van der Waals surface area contributed by atoms with Crippen LogP contribution in [0.4, 0.5) is 0 Å². The number of carboxylic acids is 1. The topological polar surface area (TPSA) is 64.3 Å². The Hall–Kier alpha value is -1.86. The van der Waals surface area contributed by atoms with E-state index in [4.69, 9.17) is 5.26 Å². The van der Waals surface area contributed by atoms with Crippen molar-refractivity contribution in [1.82, 2.24) is 4.90 Å². The number of benzene rings is 1. The molecule has 2 rings (SSSR count). The fraction of sp³-hybridized carbons (Fsp3) is 0.467. The zero-order valence-corrected chi connectivity index (χ0v) is 10.8. The molecule has 100 valence electrons. The summed E-state index contributed by atoms with van der Waals surface area (Å²) < 4.78 is 0. The first-order chi connectivity index (χ1) is 9.20. The van der Waals surface area contributed by atoms with Crippen molar-refractivity contribution in [2.24, 2.45) is 11.8 Å². The van der Waals surface area contributed by atoms with Crippen LogP contribution >= 0.6 is 0 Å². The van der Waals surface area contributed by atoms with E-state index in [-0.39, 0.29) is 5.92 Å². The Labute approximate surface area is 113 Å². The molecule has 0 spiro atoms. The molecule has 0 radical (unpaired) electrons. The normalized spacial score (nSPS) is 24.4. The molecular formula is C15H18N2O2. The monoisotopic (exact) mass is 258 g/mol. The fourth-order valence-corrected chi connectivity index (χ4v) is 2.62. The van der Waals surface area contributed by atoms with E-state index in [9.17, 15) is 9.90 Å². The number of nitriles is 1. The van der Waals surface area contributed by atoms with Crippen LogP contribution in [-0.2, 0) is 11.3 Å². The molecule has 4 nitrogen and oxygen atoms in total. The van der Waals surface area contributed by atoms with Gasteiger partial charge in [0.25, 0.3) is 0 Å². The van der Waals surface area contributed by atoms with Gasteiger partial charge in [-0.3, -0.25) is 9.69 Å². The summed E-state index contributed by atoms with van der Waals surface area (Å²) in [6.07, 6.45) is 1.56. The third kappa shape index (κ3) is 3.55. The molecular weight excluding hydrogens is 240 g/mol. The molecule has 4 heteroatoms. The van der Waals surface area contributed by atoms with Crippen LogP contribution in [0.3, 0.4) is 0 Å². The molecule has 2 unspecified atom stereocenters. The second-order valence-corrected chi connectivity index (χ2v) is 5.04. The Morgan fingerprint density at radius 2 is 2.16 bits per heavy atom. The molecule has 1 aliphatic heterocycles. The average molecular weight is 258 g/mol. The Bertz CT molecular complexity index is 467. The molecule has 1 aromatic carbocycles. The Morgan fingerprint density at radius 3 is 2.79 bits per heavy atom. The van der Waals surface area contributed by atoms with Gasteiger partial charge in [-0.2, -0.15) is 5.26 Å². The van der Waals surface area contributed by atoms with Crippen LogP contribution < -0.4 is 0 Å². The number of rotatable bonds is 3. The van der Waals surface area contributed by atoms with Crippen molar-refractivity contribution in [3.05, 3.63) is 35.9 Å². The minimum atomic E-state index is -0.855. The summed E-state index contributed by atoms with van der Waals surface area (Å²) >= 11 is 0. The van der Waals surface area contributed by atoms with Crippen LogP contribution in [0.15, 0.2) is 30.3 Å². The van der Waals surface area contributed by atoms with E-state index in [1.165, 1.54) is 5.56 Å². The van der Waals surface area contributed by atoms with Crippen molar-refractivity contribution < 1.29 is 9.90 Å². The lowest BCUT2D eigenvalue weighted by atomic mass is 9.91. The fourth-order valence-electron chi connectivity index (χ4n) is 2.62. The Morgan fingerprint density at radius 1 is 1.42 bits per heavy atom. The van der Waals surface area contributed by atoms with Crippen molar-refractivity contribution in [1.29, 1.82) is 5.26 Å². The molecule has 19 heavy (non-hydrogen) atoms. The van der Waals surface area contributed by atoms with E-state index in [1.54, 1.807) is 0 Å². The van der Waals surface area contributed by atoms with E-state index in [1.807, 2.05) is 30.3 Å². The van der Waals surface area contributed by atoms with Crippen LogP contribution in [-0.4, -0.2) is 29.1 Å². The van der Waals surface area contributed by atoms with Gasteiger partial charge in [0.15, 0.2) is 0 Å². The molecule has 0 amide bonds. The molecule has 1 fully saturated rings. The minimum Gasteiger partial charge on any atom is -0.481 e. The molecule has 1 aliphatic rings. The molecule has 1 N–H and O–H groups in total. The molecule has 0 saturated carbocycles. The lowest BCUT2D eigenvalue weighted by Crippen LogP contribution is -2.34. The Kier molecular flexibility index (Phi) is 4.53. The predicted molar refractivity (Wildman–Crippen MR) is 71.2 cm³/mol. The highest BCUT2D eigenvalue weighted by Crippen LogP contribution is 2.24. The van der Waals surface area contributed by atoms with Crippen molar-refractivity contribution >= 4 is 5.97 Å². The first-order valence-electron chi connectivity index (χ1n) is 6.59. The standard InChI is InChI=1S/C15H18N2O2/c16-9-13-7-4-8-17(11-14(13)15(18)19)10-12-5-2-1-3-6-12/h1-3,5-6,13-14H,4,7-8,10-11H2,(H,18,19). The summed E-state index contributed by atoms with van der Waals surface area (Å²) in [6.45, 7) is 2.07. The number of nitrogens with zero attached hydrogens (tertiary/aromatic N) is 2. The van der Waals surface area contributed by atoms with Crippen LogP contribution in [0.5, 0.6) is 0 Å². The number of hydrogen-bond acceptors (Lipinski definition) is 3. The average Bonchev–Trinajstić information content (AvgIpc) is 2.62. The third-order valence-electron chi connectivity index (χ3n) is 3.66. The highest BCUT2D eigenvalue weighted by molar-refractivity contribution is 5.71. The number of likely N-dealkylation sites (tertiary alicyclic amines) is 1. The first kappa shape index (κ1) is 13.6. The largest absolute Gasteiger partial charge is 0.481 e. The van der Waals surface area contributed by atoms with Crippen molar-refractivity contribution in [2.45, 2.75) is 19.4 Å². The van der Waals surface area contributed by atoms with Gasteiger partial charge in [0, 0.05) is 13.1 Å². The van der Waals surface area contributed by atoms with Crippen LogP contribution in [0, 0.1) is 23.2 Å². The van der Waals surface area contributed by atoms with Gasteiger partial charge in [0.2, 0.25) is 0 Å². The van der Waals surface area contributed by atoms with Gasteiger partial charge in [-0.1, -0.05) is 30.3 Å². The summed E-state index contributed by atoms with van der Waals surface area (Å²) in [5.41, 5.74) is 1.18. The van der Waals surface area contributed by atoms with Gasteiger partial charge in [-0.15, -0.1) is 0 Å². The zero-order chi connectivity index (χ0) is 13.7.